The second-order valence-corrected chi connectivity index (χ2v) is 11.3. The normalized spacial score (nSPS) is 16.0. The van der Waals surface area contributed by atoms with E-state index in [1.807, 2.05) is 13.8 Å². The van der Waals surface area contributed by atoms with E-state index in [1.165, 1.54) is 29.6 Å². The van der Waals surface area contributed by atoms with Crippen LogP contribution in [0, 0.1) is 19.8 Å². The molecule has 9 nitrogen and oxygen atoms in total. The molecule has 0 radical (unpaired) electrons. The fourth-order valence-electron chi connectivity index (χ4n) is 3.60. The first-order valence-electron chi connectivity index (χ1n) is 10.0. The van der Waals surface area contributed by atoms with Gasteiger partial charge in [-0.3, -0.25) is 4.79 Å². The van der Waals surface area contributed by atoms with Crippen LogP contribution in [-0.2, 0) is 24.8 Å². The van der Waals surface area contributed by atoms with Crippen molar-refractivity contribution in [2.24, 2.45) is 11.1 Å². The van der Waals surface area contributed by atoms with E-state index in [4.69, 9.17) is 9.88 Å². The number of ether oxygens (including phenoxy) is 1. The van der Waals surface area contributed by atoms with E-state index in [9.17, 15) is 21.6 Å². The van der Waals surface area contributed by atoms with Gasteiger partial charge in [-0.2, -0.15) is 4.31 Å². The maximum absolute atomic E-state index is 13.0. The summed E-state index contributed by atoms with van der Waals surface area (Å²) in [6.07, 6.45) is 0.711. The van der Waals surface area contributed by atoms with E-state index < -0.39 is 26.0 Å². The molecule has 2 aromatic rings. The van der Waals surface area contributed by atoms with Crippen molar-refractivity contribution in [3.63, 3.8) is 0 Å². The van der Waals surface area contributed by atoms with Gasteiger partial charge in [-0.25, -0.2) is 22.0 Å². The van der Waals surface area contributed by atoms with Crippen molar-refractivity contribution in [1.29, 1.82) is 0 Å². The van der Waals surface area contributed by atoms with Crippen LogP contribution in [0.2, 0.25) is 0 Å². The molecular weight excluding hydrogens is 454 g/mol. The second-order valence-electron chi connectivity index (χ2n) is 7.82. The zero-order chi connectivity index (χ0) is 23.7. The summed E-state index contributed by atoms with van der Waals surface area (Å²) in [6.45, 7) is 4.23. The van der Waals surface area contributed by atoms with Crippen LogP contribution in [0.25, 0.3) is 0 Å². The van der Waals surface area contributed by atoms with Crippen LogP contribution in [0.15, 0.2) is 46.2 Å². The van der Waals surface area contributed by atoms with Gasteiger partial charge in [-0.05, 0) is 68.1 Å². The Labute approximate surface area is 188 Å². The molecule has 3 N–H and O–H groups in total. The van der Waals surface area contributed by atoms with Crippen molar-refractivity contribution < 1.29 is 26.4 Å². The van der Waals surface area contributed by atoms with E-state index in [2.05, 4.69) is 5.32 Å². The van der Waals surface area contributed by atoms with Crippen LogP contribution in [0.4, 0.5) is 5.69 Å². The zero-order valence-electron chi connectivity index (χ0n) is 18.2. The molecule has 0 aliphatic carbocycles. The SMILES string of the molecule is COc1ccc(NC(=O)C2CCN(S(=O)(=O)c3ccc(C)c(C)c3)CC2)cc1S(N)(=O)=O. The number of nitrogens with two attached hydrogens (primary N) is 1. The summed E-state index contributed by atoms with van der Waals surface area (Å²) in [5, 5.41) is 7.91. The van der Waals surface area contributed by atoms with Gasteiger partial charge in [0.05, 0.1) is 12.0 Å². The van der Waals surface area contributed by atoms with Crippen molar-refractivity contribution in [2.75, 3.05) is 25.5 Å². The van der Waals surface area contributed by atoms with Gasteiger partial charge in [-0.1, -0.05) is 6.07 Å². The summed E-state index contributed by atoms with van der Waals surface area (Å²) < 4.78 is 55.8. The van der Waals surface area contributed by atoms with Crippen molar-refractivity contribution in [2.45, 2.75) is 36.5 Å². The predicted octanol–water partition coefficient (Wildman–Crippen LogP) is 2.00. The number of nitrogens with one attached hydrogen (secondary N) is 1. The molecule has 1 heterocycles. The van der Waals surface area contributed by atoms with Crippen LogP contribution in [0.3, 0.4) is 0 Å². The Morgan fingerprint density at radius 2 is 1.69 bits per heavy atom. The van der Waals surface area contributed by atoms with Gasteiger partial charge < -0.3 is 10.1 Å². The second kappa shape index (κ2) is 9.18. The molecule has 0 spiro atoms. The summed E-state index contributed by atoms with van der Waals surface area (Å²) in [5.41, 5.74) is 2.19. The van der Waals surface area contributed by atoms with Crippen LogP contribution >= 0.6 is 0 Å². The van der Waals surface area contributed by atoms with Crippen molar-refractivity contribution >= 4 is 31.6 Å². The number of piperidine rings is 1. The zero-order valence-corrected chi connectivity index (χ0v) is 19.8. The highest BCUT2D eigenvalue weighted by Gasteiger charge is 2.32. The van der Waals surface area contributed by atoms with E-state index in [0.29, 0.717) is 12.8 Å². The van der Waals surface area contributed by atoms with Gasteiger partial charge in [0, 0.05) is 24.7 Å². The molecule has 0 bridgehead atoms. The first kappa shape index (κ1) is 24.2. The highest BCUT2D eigenvalue weighted by atomic mass is 32.2. The Balaban J connectivity index is 1.68. The molecule has 1 aliphatic heterocycles. The Bertz CT molecular complexity index is 1230. The molecule has 11 heteroatoms. The molecule has 0 unspecified atom stereocenters. The van der Waals surface area contributed by atoms with Gasteiger partial charge in [0.15, 0.2) is 0 Å². The molecule has 174 valence electrons. The van der Waals surface area contributed by atoms with Gasteiger partial charge in [0.1, 0.15) is 10.6 Å². The minimum atomic E-state index is -4.03. The molecule has 32 heavy (non-hydrogen) atoms. The highest BCUT2D eigenvalue weighted by Crippen LogP contribution is 2.28. The fourth-order valence-corrected chi connectivity index (χ4v) is 5.88. The molecule has 0 saturated carbocycles. The molecule has 2 aromatic carbocycles. The number of anilines is 1. The number of aryl methyl sites for hydroxylation is 2. The van der Waals surface area contributed by atoms with Gasteiger partial charge in [-0.15, -0.1) is 0 Å². The minimum absolute atomic E-state index is 0.0790. The van der Waals surface area contributed by atoms with E-state index in [-0.39, 0.29) is 40.2 Å². The average molecular weight is 482 g/mol. The number of sulfonamides is 2. The van der Waals surface area contributed by atoms with E-state index in [1.54, 1.807) is 18.2 Å². The number of benzene rings is 2. The van der Waals surface area contributed by atoms with Crippen LogP contribution in [-0.4, -0.2) is 47.2 Å². The largest absolute Gasteiger partial charge is 0.495 e. The number of amides is 1. The lowest BCUT2D eigenvalue weighted by atomic mass is 9.97. The molecular formula is C21H27N3O6S2. The molecule has 0 aromatic heterocycles. The third kappa shape index (κ3) is 5.12. The van der Waals surface area contributed by atoms with Gasteiger partial charge >= 0.3 is 0 Å². The molecule has 1 fully saturated rings. The van der Waals surface area contributed by atoms with Gasteiger partial charge in [0.2, 0.25) is 26.0 Å². The molecule has 3 rings (SSSR count). The number of carbonyl (C=O) groups is 1. The smallest absolute Gasteiger partial charge is 0.243 e. The third-order valence-electron chi connectivity index (χ3n) is 5.68. The van der Waals surface area contributed by atoms with Crippen molar-refractivity contribution in [1.82, 2.24) is 4.31 Å². The number of hydrogen-bond acceptors (Lipinski definition) is 6. The molecule has 1 saturated heterocycles. The maximum Gasteiger partial charge on any atom is 0.243 e. The first-order chi connectivity index (χ1) is 14.9. The Hall–Kier alpha value is -2.47. The van der Waals surface area contributed by atoms with Crippen molar-refractivity contribution in [3.05, 3.63) is 47.5 Å². The van der Waals surface area contributed by atoms with Crippen LogP contribution in [0.5, 0.6) is 5.75 Å². The maximum atomic E-state index is 13.0. The fraction of sp³-hybridized carbons (Fsp3) is 0.381. The summed E-state index contributed by atoms with van der Waals surface area (Å²) in [7, 11) is -6.34. The van der Waals surface area contributed by atoms with E-state index >= 15 is 0 Å². The lowest BCUT2D eigenvalue weighted by Gasteiger charge is -2.30. The minimum Gasteiger partial charge on any atom is -0.495 e. The lowest BCUT2D eigenvalue weighted by Crippen LogP contribution is -2.41. The first-order valence-corrected chi connectivity index (χ1v) is 13.0. The van der Waals surface area contributed by atoms with E-state index in [0.717, 1.165) is 11.1 Å². The predicted molar refractivity (Wildman–Crippen MR) is 120 cm³/mol. The highest BCUT2D eigenvalue weighted by molar-refractivity contribution is 7.89. The monoisotopic (exact) mass is 481 g/mol. The molecule has 0 atom stereocenters. The topological polar surface area (TPSA) is 136 Å². The summed E-state index contributed by atoms with van der Waals surface area (Å²) in [6, 6.07) is 9.22. The summed E-state index contributed by atoms with van der Waals surface area (Å²) in [4.78, 5) is 12.7. The average Bonchev–Trinajstić information content (AvgIpc) is 2.75. The standard InChI is InChI=1S/C21H27N3O6S2/c1-14-4-6-18(12-15(14)2)32(28,29)24-10-8-16(9-11-24)21(25)23-17-5-7-19(30-3)20(13-17)31(22,26)27/h4-7,12-13,16H,8-11H2,1-3H3,(H,23,25)(H2,22,26,27). The van der Waals surface area contributed by atoms with Crippen LogP contribution in [0.1, 0.15) is 24.0 Å². The lowest BCUT2D eigenvalue weighted by molar-refractivity contribution is -0.120. The third-order valence-corrected chi connectivity index (χ3v) is 8.51. The number of nitrogens with zero attached hydrogens (tertiary/aromatic N) is 1. The number of rotatable bonds is 6. The number of methoxy groups -OCH3 is 1. The summed E-state index contributed by atoms with van der Waals surface area (Å²) >= 11 is 0. The molecule has 1 amide bonds. The number of hydrogen-bond donors (Lipinski definition) is 2. The molecule has 1 aliphatic rings. The van der Waals surface area contributed by atoms with Crippen molar-refractivity contribution in [3.8, 4) is 5.75 Å². The number of primary sulfonamides is 1. The summed E-state index contributed by atoms with van der Waals surface area (Å²) in [5.74, 6) is -0.629. The van der Waals surface area contributed by atoms with Gasteiger partial charge in [0.25, 0.3) is 0 Å². The quantitative estimate of drug-likeness (QED) is 0.648. The number of carbonyl (C=O) groups excluding carboxylic acids is 1. The van der Waals surface area contributed by atoms with Crippen LogP contribution < -0.4 is 15.2 Å². The Kier molecular flexibility index (Phi) is 6.94. The Morgan fingerprint density at radius 1 is 1.03 bits per heavy atom. The Morgan fingerprint density at radius 3 is 2.25 bits per heavy atom.